The van der Waals surface area contributed by atoms with Crippen molar-refractivity contribution in [2.75, 3.05) is 6.61 Å². The summed E-state index contributed by atoms with van der Waals surface area (Å²) in [5.41, 5.74) is 2.29. The molecule has 18 heavy (non-hydrogen) atoms. The Hall–Kier alpha value is -1.23. The van der Waals surface area contributed by atoms with Crippen LogP contribution in [0.5, 0.6) is 0 Å². The Kier molecular flexibility index (Phi) is 3.41. The van der Waals surface area contributed by atoms with E-state index < -0.39 is 0 Å². The molecular formula is C14H16N2OS. The molecule has 2 atom stereocenters. The Balaban J connectivity index is 1.61. The van der Waals surface area contributed by atoms with Crippen LogP contribution < -0.4 is 5.32 Å². The number of hydrogen-bond acceptors (Lipinski definition) is 4. The smallest absolute Gasteiger partial charge is 0.0809 e. The van der Waals surface area contributed by atoms with Gasteiger partial charge in [0.2, 0.25) is 0 Å². The number of aromatic nitrogens is 1. The van der Waals surface area contributed by atoms with E-state index in [0.29, 0.717) is 12.0 Å². The van der Waals surface area contributed by atoms with Gasteiger partial charge in [0.1, 0.15) is 0 Å². The molecule has 2 N–H and O–H groups in total. The number of pyridine rings is 1. The van der Waals surface area contributed by atoms with Gasteiger partial charge in [-0.3, -0.25) is 4.98 Å². The van der Waals surface area contributed by atoms with E-state index in [4.69, 9.17) is 5.11 Å². The van der Waals surface area contributed by atoms with Crippen LogP contribution >= 0.6 is 11.3 Å². The summed E-state index contributed by atoms with van der Waals surface area (Å²) in [7, 11) is 0. The van der Waals surface area contributed by atoms with Gasteiger partial charge < -0.3 is 10.4 Å². The van der Waals surface area contributed by atoms with E-state index in [-0.39, 0.29) is 6.61 Å². The number of aliphatic hydroxyl groups excluding tert-OH is 1. The topological polar surface area (TPSA) is 45.1 Å². The van der Waals surface area contributed by atoms with Gasteiger partial charge in [-0.05, 0) is 29.5 Å². The largest absolute Gasteiger partial charge is 0.396 e. The van der Waals surface area contributed by atoms with E-state index >= 15 is 0 Å². The zero-order valence-electron chi connectivity index (χ0n) is 10.0. The van der Waals surface area contributed by atoms with E-state index in [1.165, 1.54) is 10.3 Å². The number of rotatable bonds is 4. The Morgan fingerprint density at radius 2 is 2.39 bits per heavy atom. The fourth-order valence-corrected chi connectivity index (χ4v) is 3.10. The Morgan fingerprint density at radius 1 is 1.44 bits per heavy atom. The van der Waals surface area contributed by atoms with Crippen LogP contribution in [-0.2, 0) is 6.54 Å². The van der Waals surface area contributed by atoms with Gasteiger partial charge in [0, 0.05) is 31.3 Å². The van der Waals surface area contributed by atoms with Crippen LogP contribution in [0.15, 0.2) is 35.9 Å². The predicted molar refractivity (Wildman–Crippen MR) is 74.6 cm³/mol. The van der Waals surface area contributed by atoms with Gasteiger partial charge in [-0.1, -0.05) is 12.2 Å². The van der Waals surface area contributed by atoms with E-state index in [1.54, 1.807) is 11.3 Å². The molecule has 2 aromatic rings. The van der Waals surface area contributed by atoms with Gasteiger partial charge in [0.25, 0.3) is 0 Å². The van der Waals surface area contributed by atoms with Crippen LogP contribution in [0.3, 0.4) is 0 Å². The van der Waals surface area contributed by atoms with E-state index in [9.17, 15) is 0 Å². The summed E-state index contributed by atoms with van der Waals surface area (Å²) in [6.07, 6.45) is 7.17. The maximum Gasteiger partial charge on any atom is 0.0809 e. The molecule has 0 saturated heterocycles. The maximum absolute atomic E-state index is 9.08. The average molecular weight is 260 g/mol. The average Bonchev–Trinajstić information content (AvgIpc) is 3.04. The molecule has 2 heterocycles. The number of nitrogens with one attached hydrogen (secondary N) is 1. The van der Waals surface area contributed by atoms with E-state index in [1.807, 2.05) is 12.3 Å². The molecule has 4 heteroatoms. The maximum atomic E-state index is 9.08. The highest BCUT2D eigenvalue weighted by atomic mass is 32.1. The lowest BCUT2D eigenvalue weighted by Crippen LogP contribution is -2.26. The van der Waals surface area contributed by atoms with Crippen molar-refractivity contribution in [3.63, 3.8) is 0 Å². The van der Waals surface area contributed by atoms with Crippen LogP contribution in [0.25, 0.3) is 10.2 Å². The summed E-state index contributed by atoms with van der Waals surface area (Å²) in [4.78, 5) is 4.43. The Labute approximate surface area is 110 Å². The van der Waals surface area contributed by atoms with Crippen molar-refractivity contribution in [2.45, 2.75) is 19.0 Å². The van der Waals surface area contributed by atoms with Gasteiger partial charge in [-0.15, -0.1) is 11.3 Å². The molecule has 0 aromatic carbocycles. The highest BCUT2D eigenvalue weighted by Crippen LogP contribution is 2.20. The standard InChI is InChI=1S/C14H16N2OS/c17-9-10-1-2-12(5-10)15-7-11-6-14-13(16-8-11)3-4-18-14/h1-4,6,8,10,12,15,17H,5,7,9H2/t10-,12+/m0/s1. The first-order chi connectivity index (χ1) is 8.85. The monoisotopic (exact) mass is 260 g/mol. The van der Waals surface area contributed by atoms with Gasteiger partial charge in [0.05, 0.1) is 10.2 Å². The molecule has 0 unspecified atom stereocenters. The highest BCUT2D eigenvalue weighted by molar-refractivity contribution is 7.17. The van der Waals surface area contributed by atoms with E-state index in [2.05, 4.69) is 33.9 Å². The summed E-state index contributed by atoms with van der Waals surface area (Å²) in [6.45, 7) is 1.07. The molecule has 1 aliphatic rings. The molecule has 2 aromatic heterocycles. The van der Waals surface area contributed by atoms with Gasteiger partial charge >= 0.3 is 0 Å². The molecule has 0 bridgehead atoms. The molecule has 0 spiro atoms. The van der Waals surface area contributed by atoms with Crippen LogP contribution in [-0.4, -0.2) is 22.7 Å². The fraction of sp³-hybridized carbons (Fsp3) is 0.357. The number of thiophene rings is 1. The third kappa shape index (κ3) is 2.46. The minimum Gasteiger partial charge on any atom is -0.396 e. The lowest BCUT2D eigenvalue weighted by Gasteiger charge is -2.12. The lowest BCUT2D eigenvalue weighted by molar-refractivity contribution is 0.246. The molecule has 94 valence electrons. The quantitative estimate of drug-likeness (QED) is 0.829. The number of nitrogens with zero attached hydrogens (tertiary/aromatic N) is 1. The zero-order valence-corrected chi connectivity index (χ0v) is 10.9. The molecule has 0 saturated carbocycles. The second kappa shape index (κ2) is 5.18. The van der Waals surface area contributed by atoms with Crippen LogP contribution in [0.2, 0.25) is 0 Å². The van der Waals surface area contributed by atoms with Crippen molar-refractivity contribution >= 4 is 21.6 Å². The van der Waals surface area contributed by atoms with Gasteiger partial charge in [0.15, 0.2) is 0 Å². The van der Waals surface area contributed by atoms with Crippen LogP contribution in [0, 0.1) is 5.92 Å². The Morgan fingerprint density at radius 3 is 3.22 bits per heavy atom. The van der Waals surface area contributed by atoms with Crippen molar-refractivity contribution < 1.29 is 5.11 Å². The normalized spacial score (nSPS) is 22.9. The van der Waals surface area contributed by atoms with Crippen molar-refractivity contribution in [2.24, 2.45) is 5.92 Å². The first-order valence-corrected chi connectivity index (χ1v) is 7.08. The molecule has 3 rings (SSSR count). The second-order valence-electron chi connectivity index (χ2n) is 4.70. The Bertz CT molecular complexity index is 564. The highest BCUT2D eigenvalue weighted by Gasteiger charge is 2.17. The van der Waals surface area contributed by atoms with Crippen molar-refractivity contribution in [1.29, 1.82) is 0 Å². The van der Waals surface area contributed by atoms with Gasteiger partial charge in [-0.25, -0.2) is 0 Å². The first-order valence-electron chi connectivity index (χ1n) is 6.20. The molecule has 0 aliphatic heterocycles. The van der Waals surface area contributed by atoms with Crippen LogP contribution in [0.1, 0.15) is 12.0 Å². The summed E-state index contributed by atoms with van der Waals surface area (Å²) in [6, 6.07) is 4.62. The summed E-state index contributed by atoms with van der Waals surface area (Å²) < 4.78 is 1.24. The number of hydrogen-bond donors (Lipinski definition) is 2. The minimum atomic E-state index is 0.247. The number of fused-ring (bicyclic) bond motifs is 1. The molecule has 0 fully saturated rings. The molecule has 0 amide bonds. The van der Waals surface area contributed by atoms with Crippen molar-refractivity contribution in [3.05, 3.63) is 41.4 Å². The lowest BCUT2D eigenvalue weighted by atomic mass is 10.1. The fourth-order valence-electron chi connectivity index (χ4n) is 2.29. The second-order valence-corrected chi connectivity index (χ2v) is 5.65. The number of aliphatic hydroxyl groups is 1. The van der Waals surface area contributed by atoms with Crippen LogP contribution in [0.4, 0.5) is 0 Å². The van der Waals surface area contributed by atoms with Crippen molar-refractivity contribution in [3.8, 4) is 0 Å². The molecule has 0 radical (unpaired) electrons. The summed E-state index contributed by atoms with van der Waals surface area (Å²) in [5.74, 6) is 0.320. The summed E-state index contributed by atoms with van der Waals surface area (Å²) >= 11 is 1.73. The summed E-state index contributed by atoms with van der Waals surface area (Å²) in [5, 5.41) is 14.6. The minimum absolute atomic E-state index is 0.247. The third-order valence-corrected chi connectivity index (χ3v) is 4.19. The molecule has 3 nitrogen and oxygen atoms in total. The SMILES string of the molecule is OC[C@H]1C=C[C@@H](NCc2cnc3ccsc3c2)C1. The molecular weight excluding hydrogens is 244 g/mol. The zero-order chi connectivity index (χ0) is 12.4. The molecule has 1 aliphatic carbocycles. The predicted octanol–water partition coefficient (Wildman–Crippen LogP) is 2.32. The first kappa shape index (κ1) is 11.8. The van der Waals surface area contributed by atoms with Crippen molar-refractivity contribution in [1.82, 2.24) is 10.3 Å². The third-order valence-electron chi connectivity index (χ3n) is 3.33. The van der Waals surface area contributed by atoms with Gasteiger partial charge in [-0.2, -0.15) is 0 Å². The van der Waals surface area contributed by atoms with E-state index in [0.717, 1.165) is 18.5 Å².